The summed E-state index contributed by atoms with van der Waals surface area (Å²) >= 11 is 0. The summed E-state index contributed by atoms with van der Waals surface area (Å²) in [4.78, 5) is 28.9. The van der Waals surface area contributed by atoms with E-state index in [0.717, 1.165) is 12.1 Å². The molecule has 10 heteroatoms. The summed E-state index contributed by atoms with van der Waals surface area (Å²) in [6, 6.07) is 17.9. The molecule has 0 aliphatic carbocycles. The van der Waals surface area contributed by atoms with Crippen molar-refractivity contribution in [1.82, 2.24) is 9.97 Å². The van der Waals surface area contributed by atoms with Crippen molar-refractivity contribution < 1.29 is 13.6 Å². The Balaban J connectivity index is 1.49. The van der Waals surface area contributed by atoms with Gasteiger partial charge in [-0.15, -0.1) is 0 Å². The van der Waals surface area contributed by atoms with E-state index in [4.69, 9.17) is 11.5 Å². The molecular weight excluding hydrogens is 452 g/mol. The lowest BCUT2D eigenvalue weighted by molar-refractivity contribution is 0.102. The molecule has 4 rings (SSSR count). The highest BCUT2D eigenvalue weighted by Crippen LogP contribution is 2.24. The minimum absolute atomic E-state index is 0.0932. The van der Waals surface area contributed by atoms with E-state index in [-0.39, 0.29) is 34.3 Å². The second kappa shape index (κ2) is 10.3. The Labute approximate surface area is 199 Å². The highest BCUT2D eigenvalue weighted by Gasteiger charge is 2.15. The van der Waals surface area contributed by atoms with E-state index in [1.165, 1.54) is 24.3 Å². The number of rotatable bonds is 6. The molecule has 0 bridgehead atoms. The van der Waals surface area contributed by atoms with Crippen molar-refractivity contribution in [3.63, 3.8) is 0 Å². The van der Waals surface area contributed by atoms with Gasteiger partial charge in [0.2, 0.25) is 0 Å². The summed E-state index contributed by atoms with van der Waals surface area (Å²) < 4.78 is 29.2. The quantitative estimate of drug-likeness (QED) is 0.288. The van der Waals surface area contributed by atoms with Crippen LogP contribution in [0.5, 0.6) is 0 Å². The zero-order valence-corrected chi connectivity index (χ0v) is 18.2. The number of nitrogens with two attached hydrogens (primary N) is 2. The molecular formula is C25H19F2N7O. The fraction of sp³-hybridized carbons (Fsp3) is 0. The number of hydrogen-bond acceptors (Lipinski definition) is 5. The molecule has 2 aromatic carbocycles. The lowest BCUT2D eigenvalue weighted by Crippen LogP contribution is -2.15. The van der Waals surface area contributed by atoms with Gasteiger partial charge in [-0.05, 0) is 48.5 Å². The zero-order chi connectivity index (χ0) is 24.8. The molecule has 8 nitrogen and oxygen atoms in total. The van der Waals surface area contributed by atoms with Crippen molar-refractivity contribution in [3.05, 3.63) is 114 Å². The number of aromatic nitrogens is 2. The van der Waals surface area contributed by atoms with Gasteiger partial charge in [0, 0.05) is 24.5 Å². The van der Waals surface area contributed by atoms with Gasteiger partial charge in [0.25, 0.3) is 5.91 Å². The Morgan fingerprint density at radius 3 is 1.77 bits per heavy atom. The Morgan fingerprint density at radius 1 is 0.743 bits per heavy atom. The number of pyridine rings is 2. The second-order valence-electron chi connectivity index (χ2n) is 7.21. The van der Waals surface area contributed by atoms with Crippen LogP contribution in [0.2, 0.25) is 0 Å². The molecule has 0 saturated carbocycles. The van der Waals surface area contributed by atoms with Gasteiger partial charge in [0.1, 0.15) is 34.7 Å². The Morgan fingerprint density at radius 2 is 1.29 bits per heavy atom. The highest BCUT2D eigenvalue weighted by atomic mass is 19.1. The van der Waals surface area contributed by atoms with E-state index in [9.17, 15) is 13.6 Å². The number of nitrogens with one attached hydrogen (secondary N) is 1. The smallest absolute Gasteiger partial charge is 0.258 e. The van der Waals surface area contributed by atoms with Gasteiger partial charge < -0.3 is 16.8 Å². The monoisotopic (exact) mass is 471 g/mol. The average Bonchev–Trinajstić information content (AvgIpc) is 2.86. The number of carbonyl (C=O) groups excluding carboxylic acids is 1. The Bertz CT molecular complexity index is 1420. The molecule has 1 amide bonds. The van der Waals surface area contributed by atoms with E-state index < -0.39 is 17.5 Å². The van der Waals surface area contributed by atoms with Gasteiger partial charge in [-0.1, -0.05) is 12.1 Å². The maximum absolute atomic E-state index is 14.6. The van der Waals surface area contributed by atoms with Crippen molar-refractivity contribution in [2.75, 3.05) is 5.32 Å². The molecule has 0 aliphatic heterocycles. The molecule has 5 N–H and O–H groups in total. The van der Waals surface area contributed by atoms with Gasteiger partial charge in [-0.3, -0.25) is 14.8 Å². The number of aliphatic imine (C=N–C) groups is 2. The number of amidine groups is 2. The van der Waals surface area contributed by atoms with E-state index in [1.807, 2.05) is 0 Å². The van der Waals surface area contributed by atoms with E-state index in [0.29, 0.717) is 11.4 Å². The maximum Gasteiger partial charge on any atom is 0.258 e. The number of carbonyl (C=O) groups is 1. The fourth-order valence-corrected chi connectivity index (χ4v) is 3.04. The molecule has 0 atom stereocenters. The number of nitrogens with zero attached hydrogens (tertiary/aromatic N) is 4. The summed E-state index contributed by atoms with van der Waals surface area (Å²) in [7, 11) is 0. The molecule has 0 unspecified atom stereocenters. The second-order valence-corrected chi connectivity index (χ2v) is 7.21. The van der Waals surface area contributed by atoms with E-state index in [1.54, 1.807) is 48.8 Å². The number of benzene rings is 2. The van der Waals surface area contributed by atoms with Crippen LogP contribution in [0.3, 0.4) is 0 Å². The van der Waals surface area contributed by atoms with Crippen LogP contribution in [0.25, 0.3) is 0 Å². The van der Waals surface area contributed by atoms with Crippen LogP contribution in [0, 0.1) is 11.6 Å². The van der Waals surface area contributed by atoms with Crippen molar-refractivity contribution in [2.24, 2.45) is 21.5 Å². The third kappa shape index (κ3) is 5.69. The van der Waals surface area contributed by atoms with Crippen molar-refractivity contribution in [3.8, 4) is 0 Å². The Kier molecular flexibility index (Phi) is 6.82. The third-order valence-corrected chi connectivity index (χ3v) is 4.75. The molecule has 0 fully saturated rings. The van der Waals surface area contributed by atoms with Crippen molar-refractivity contribution in [2.45, 2.75) is 0 Å². The number of anilines is 1. The predicted molar refractivity (Wildman–Crippen MR) is 130 cm³/mol. The number of amides is 1. The number of hydrogen-bond donors (Lipinski definition) is 3. The van der Waals surface area contributed by atoms with E-state index >= 15 is 0 Å². The summed E-state index contributed by atoms with van der Waals surface area (Å²) in [6.45, 7) is 0. The van der Waals surface area contributed by atoms with Crippen molar-refractivity contribution in [1.29, 1.82) is 0 Å². The summed E-state index contributed by atoms with van der Waals surface area (Å²) in [5, 5.41) is 2.35. The first kappa shape index (κ1) is 23.2. The third-order valence-electron chi connectivity index (χ3n) is 4.75. The number of halogens is 2. The van der Waals surface area contributed by atoms with Crippen LogP contribution in [0.4, 0.5) is 25.8 Å². The van der Waals surface area contributed by atoms with Crippen LogP contribution in [0.15, 0.2) is 95.2 Å². The van der Waals surface area contributed by atoms with Crippen LogP contribution in [-0.4, -0.2) is 27.5 Å². The minimum atomic E-state index is -0.845. The fourth-order valence-electron chi connectivity index (χ4n) is 3.04. The summed E-state index contributed by atoms with van der Waals surface area (Å²) in [5.41, 5.74) is 12.6. The maximum atomic E-state index is 14.6. The van der Waals surface area contributed by atoms with Crippen LogP contribution < -0.4 is 16.8 Å². The topological polar surface area (TPSA) is 132 Å². The molecule has 35 heavy (non-hydrogen) atoms. The minimum Gasteiger partial charge on any atom is -0.382 e. The molecule has 0 saturated heterocycles. The van der Waals surface area contributed by atoms with Crippen molar-refractivity contribution >= 4 is 34.6 Å². The lowest BCUT2D eigenvalue weighted by Gasteiger charge is -2.09. The molecule has 2 heterocycles. The molecule has 0 spiro atoms. The first-order valence-corrected chi connectivity index (χ1v) is 10.3. The lowest BCUT2D eigenvalue weighted by atomic mass is 10.1. The van der Waals surface area contributed by atoms with Gasteiger partial charge >= 0.3 is 0 Å². The van der Waals surface area contributed by atoms with Crippen LogP contribution in [-0.2, 0) is 0 Å². The summed E-state index contributed by atoms with van der Waals surface area (Å²) in [5.74, 6) is -2.25. The van der Waals surface area contributed by atoms with Crippen LogP contribution >= 0.6 is 0 Å². The zero-order valence-electron chi connectivity index (χ0n) is 18.2. The van der Waals surface area contributed by atoms with E-state index in [2.05, 4.69) is 25.3 Å². The molecule has 0 aliphatic rings. The SMILES string of the molecule is NC(=Nc1ccc(NC(=O)c2ccc(N=C(N)c3ccccn3)cc2F)c(F)c1)c1ccccn1. The largest absolute Gasteiger partial charge is 0.382 e. The van der Waals surface area contributed by atoms with Crippen LogP contribution in [0.1, 0.15) is 21.7 Å². The normalized spacial score (nSPS) is 11.8. The van der Waals surface area contributed by atoms with Gasteiger partial charge in [0.05, 0.1) is 22.6 Å². The average molecular weight is 471 g/mol. The standard InChI is InChI=1S/C25H19F2N7O/c26-18-13-15(32-23(28)21-5-1-3-11-30-21)7-9-17(18)25(35)34-20-10-8-16(14-19(20)27)33-24(29)22-6-2-4-12-31-22/h1-14H,(H2,28,32)(H2,29,33)(H,34,35). The molecule has 4 aromatic rings. The molecule has 174 valence electrons. The highest BCUT2D eigenvalue weighted by molar-refractivity contribution is 6.05. The molecule has 2 aromatic heterocycles. The van der Waals surface area contributed by atoms with Gasteiger partial charge in [-0.2, -0.15) is 0 Å². The first-order chi connectivity index (χ1) is 16.9. The first-order valence-electron chi connectivity index (χ1n) is 10.3. The van der Waals surface area contributed by atoms with Gasteiger partial charge in [-0.25, -0.2) is 18.8 Å². The molecule has 0 radical (unpaired) electrons. The predicted octanol–water partition coefficient (Wildman–Crippen LogP) is 4.08. The summed E-state index contributed by atoms with van der Waals surface area (Å²) in [6.07, 6.45) is 3.11. The Hall–Kier alpha value is -4.99. The van der Waals surface area contributed by atoms with Gasteiger partial charge in [0.15, 0.2) is 0 Å².